The van der Waals surface area contributed by atoms with E-state index >= 15 is 0 Å². The summed E-state index contributed by atoms with van der Waals surface area (Å²) in [5, 5.41) is 6.88. The van der Waals surface area contributed by atoms with Gasteiger partial charge in [0.25, 0.3) is 5.91 Å². The first-order valence-corrected chi connectivity index (χ1v) is 10.5. The highest BCUT2D eigenvalue weighted by Gasteiger charge is 2.24. The van der Waals surface area contributed by atoms with Crippen molar-refractivity contribution in [2.75, 3.05) is 32.7 Å². The molecule has 1 aromatic rings. The van der Waals surface area contributed by atoms with Gasteiger partial charge in [0.1, 0.15) is 18.2 Å². The zero-order valence-corrected chi connectivity index (χ0v) is 17.1. The quantitative estimate of drug-likeness (QED) is 0.574. The molecule has 29 heavy (non-hydrogen) atoms. The molecule has 0 fully saturated rings. The number of hydrogen-bond donors (Lipinski definition) is 2. The molecule has 2 N–H and O–H groups in total. The van der Waals surface area contributed by atoms with Gasteiger partial charge in [-0.1, -0.05) is 24.3 Å². The van der Waals surface area contributed by atoms with Crippen molar-refractivity contribution < 1.29 is 9.53 Å². The number of fused-ring (bicyclic) bond motifs is 1. The average molecular weight is 395 g/mol. The summed E-state index contributed by atoms with van der Waals surface area (Å²) < 4.78 is 5.68. The van der Waals surface area contributed by atoms with Crippen molar-refractivity contribution in [3.05, 3.63) is 65.7 Å². The molecule has 0 aromatic heterocycles. The number of carbonyl (C=O) groups excluding carboxylic acids is 1. The van der Waals surface area contributed by atoms with Crippen LogP contribution in [0.15, 0.2) is 60.1 Å². The summed E-state index contributed by atoms with van der Waals surface area (Å²) in [4.78, 5) is 17.3. The number of nitrogens with zero attached hydrogens (tertiary/aromatic N) is 2. The van der Waals surface area contributed by atoms with E-state index in [1.54, 1.807) is 6.26 Å². The van der Waals surface area contributed by atoms with Crippen LogP contribution in [0.3, 0.4) is 0 Å². The van der Waals surface area contributed by atoms with Crippen LogP contribution in [0.25, 0.3) is 0 Å². The van der Waals surface area contributed by atoms with Crippen LogP contribution >= 0.6 is 0 Å². The van der Waals surface area contributed by atoms with E-state index in [1.165, 1.54) is 5.57 Å². The molecule has 0 aliphatic carbocycles. The number of rotatable bonds is 6. The smallest absolute Gasteiger partial charge is 0.261 e. The molecule has 0 bridgehead atoms. The molecule has 4 rings (SSSR count). The molecule has 1 atom stereocenters. The van der Waals surface area contributed by atoms with E-state index in [2.05, 4.69) is 27.7 Å². The Bertz CT molecular complexity index is 830. The number of nitrogens with one attached hydrogen (secondary N) is 2. The van der Waals surface area contributed by atoms with Gasteiger partial charge in [-0.3, -0.25) is 15.0 Å². The second-order valence-corrected chi connectivity index (χ2v) is 7.79. The Morgan fingerprint density at radius 1 is 1.21 bits per heavy atom. The van der Waals surface area contributed by atoms with Crippen molar-refractivity contribution in [1.29, 1.82) is 0 Å². The molecular weight excluding hydrogens is 364 g/mol. The minimum absolute atomic E-state index is 0.0255. The number of allylic oxidation sites excluding steroid dienone is 1. The maximum Gasteiger partial charge on any atom is 0.261 e. The molecule has 1 unspecified atom stereocenters. The van der Waals surface area contributed by atoms with Crippen molar-refractivity contribution in [1.82, 2.24) is 20.4 Å². The predicted octanol–water partition coefficient (Wildman–Crippen LogP) is 2.83. The number of para-hydroxylation sites is 1. The Hall–Kier alpha value is -2.57. The molecule has 0 saturated carbocycles. The molecular formula is C23H30N4O2. The molecule has 3 aliphatic heterocycles. The van der Waals surface area contributed by atoms with E-state index in [1.807, 2.05) is 42.3 Å². The van der Waals surface area contributed by atoms with Crippen LogP contribution in [0, 0.1) is 0 Å². The van der Waals surface area contributed by atoms with Crippen LogP contribution in [-0.2, 0) is 0 Å². The summed E-state index contributed by atoms with van der Waals surface area (Å²) in [6.07, 6.45) is 11.6. The van der Waals surface area contributed by atoms with Crippen molar-refractivity contribution in [2.45, 2.75) is 32.4 Å². The highest BCUT2D eigenvalue weighted by Crippen LogP contribution is 2.26. The van der Waals surface area contributed by atoms with E-state index in [0.717, 1.165) is 51.1 Å². The van der Waals surface area contributed by atoms with Crippen molar-refractivity contribution >= 4 is 5.91 Å². The molecule has 6 nitrogen and oxygen atoms in total. The third-order valence-corrected chi connectivity index (χ3v) is 5.70. The zero-order valence-electron chi connectivity index (χ0n) is 17.1. The summed E-state index contributed by atoms with van der Waals surface area (Å²) in [6.45, 7) is 6.72. The maximum atomic E-state index is 12.9. The fourth-order valence-electron chi connectivity index (χ4n) is 4.09. The largest absolute Gasteiger partial charge is 0.462 e. The minimum Gasteiger partial charge on any atom is -0.462 e. The second-order valence-electron chi connectivity index (χ2n) is 7.79. The minimum atomic E-state index is 0.0255. The Balaban J connectivity index is 1.26. The first-order valence-electron chi connectivity index (χ1n) is 10.5. The Morgan fingerprint density at radius 2 is 2.07 bits per heavy atom. The maximum absolute atomic E-state index is 12.9. The van der Waals surface area contributed by atoms with Gasteiger partial charge in [-0.25, -0.2) is 0 Å². The summed E-state index contributed by atoms with van der Waals surface area (Å²) in [6, 6.07) is 7.45. The van der Waals surface area contributed by atoms with Crippen LogP contribution < -0.4 is 15.4 Å². The topological polar surface area (TPSA) is 56.8 Å². The summed E-state index contributed by atoms with van der Waals surface area (Å²) >= 11 is 0. The van der Waals surface area contributed by atoms with E-state index < -0.39 is 0 Å². The molecule has 1 amide bonds. The number of benzene rings is 1. The predicted molar refractivity (Wildman–Crippen MR) is 114 cm³/mol. The van der Waals surface area contributed by atoms with Gasteiger partial charge in [0.15, 0.2) is 0 Å². The lowest BCUT2D eigenvalue weighted by Crippen LogP contribution is -2.48. The van der Waals surface area contributed by atoms with Gasteiger partial charge in [0, 0.05) is 26.2 Å². The average Bonchev–Trinajstić information content (AvgIpc) is 2.89. The number of ether oxygens (including phenoxy) is 1. The van der Waals surface area contributed by atoms with Crippen molar-refractivity contribution in [3.63, 3.8) is 0 Å². The van der Waals surface area contributed by atoms with Crippen LogP contribution in [0.4, 0.5) is 0 Å². The second kappa shape index (κ2) is 9.29. The van der Waals surface area contributed by atoms with E-state index in [4.69, 9.17) is 4.74 Å². The normalized spacial score (nSPS) is 22.2. The van der Waals surface area contributed by atoms with Gasteiger partial charge >= 0.3 is 0 Å². The molecule has 154 valence electrons. The number of unbranched alkanes of at least 4 members (excludes halogenated alkanes) is 1. The van der Waals surface area contributed by atoms with Crippen LogP contribution in [0.1, 0.15) is 36.5 Å². The number of amides is 1. The monoisotopic (exact) mass is 394 g/mol. The fraction of sp³-hybridized carbons (Fsp3) is 0.435. The lowest BCUT2D eigenvalue weighted by atomic mass is 10.1. The third-order valence-electron chi connectivity index (χ3n) is 5.70. The van der Waals surface area contributed by atoms with Crippen LogP contribution in [0.2, 0.25) is 0 Å². The van der Waals surface area contributed by atoms with Gasteiger partial charge in [0.05, 0.1) is 11.3 Å². The summed E-state index contributed by atoms with van der Waals surface area (Å²) in [5.41, 5.74) is 2.92. The highest BCUT2D eigenvalue weighted by atomic mass is 16.5. The van der Waals surface area contributed by atoms with Gasteiger partial charge in [0.2, 0.25) is 0 Å². The summed E-state index contributed by atoms with van der Waals surface area (Å²) in [7, 11) is 0. The SMILES string of the molecule is CC1=COc2ccccc2C(=O)N1CCCCN1CCC=C(C2NC=CCN2)C1. The van der Waals surface area contributed by atoms with Crippen LogP contribution in [-0.4, -0.2) is 54.6 Å². The summed E-state index contributed by atoms with van der Waals surface area (Å²) in [5.74, 6) is 0.657. The molecule has 0 spiro atoms. The van der Waals surface area contributed by atoms with Gasteiger partial charge in [-0.15, -0.1) is 0 Å². The number of hydrogen-bond acceptors (Lipinski definition) is 5. The zero-order chi connectivity index (χ0) is 20.1. The van der Waals surface area contributed by atoms with Crippen molar-refractivity contribution in [2.24, 2.45) is 0 Å². The highest BCUT2D eigenvalue weighted by molar-refractivity contribution is 5.98. The Morgan fingerprint density at radius 3 is 2.93 bits per heavy atom. The first-order chi connectivity index (χ1) is 14.2. The van der Waals surface area contributed by atoms with Gasteiger partial charge in [-0.05, 0) is 56.6 Å². The van der Waals surface area contributed by atoms with Crippen LogP contribution in [0.5, 0.6) is 5.75 Å². The lowest BCUT2D eigenvalue weighted by molar-refractivity contribution is 0.0804. The molecule has 1 aromatic carbocycles. The lowest BCUT2D eigenvalue weighted by Gasteiger charge is -2.33. The Labute approximate surface area is 172 Å². The Kier molecular flexibility index (Phi) is 6.32. The third kappa shape index (κ3) is 4.71. The molecule has 6 heteroatoms. The molecule has 3 heterocycles. The van der Waals surface area contributed by atoms with Gasteiger partial charge < -0.3 is 15.0 Å². The number of carbonyl (C=O) groups is 1. The standard InChI is InChI=1S/C23H30N4O2/c1-18-17-29-21-10-3-2-9-20(21)23(28)27(18)15-5-4-13-26-14-6-8-19(16-26)22-24-11-7-12-25-22/h2-3,7-11,17,22,24-25H,4-6,12-16H2,1H3. The fourth-order valence-corrected chi connectivity index (χ4v) is 4.09. The van der Waals surface area contributed by atoms with Gasteiger partial charge in [-0.2, -0.15) is 0 Å². The molecule has 0 saturated heterocycles. The van der Waals surface area contributed by atoms with E-state index in [9.17, 15) is 4.79 Å². The molecule has 0 radical (unpaired) electrons. The molecule has 3 aliphatic rings. The first kappa shape index (κ1) is 19.7. The van der Waals surface area contributed by atoms with Crippen molar-refractivity contribution in [3.8, 4) is 5.75 Å². The van der Waals surface area contributed by atoms with E-state index in [0.29, 0.717) is 17.9 Å². The van der Waals surface area contributed by atoms with E-state index in [-0.39, 0.29) is 12.1 Å².